The number of aryl methyl sites for hydroxylation is 2. The number of nitrogens with one attached hydrogen (secondary N) is 1. The molecular formula is C18H29BrNO2+. The summed E-state index contributed by atoms with van der Waals surface area (Å²) in [5.74, 6) is 1.05. The molecule has 124 valence electrons. The fraction of sp³-hybridized carbons (Fsp3) is 0.667. The van der Waals surface area contributed by atoms with Crippen LogP contribution in [0.25, 0.3) is 0 Å². The van der Waals surface area contributed by atoms with Crippen molar-refractivity contribution in [1.82, 2.24) is 0 Å². The number of ether oxygens (including phenoxy) is 2. The standard InChI is InChI=1S/C18H28BrNO2/c1-13-9-17(19)10-14(2)18(13)21-8-6-5-7-20-11-15(3)22-16(4)12-20/h9-10,15-16H,5-8,11-12H2,1-4H3/p+1/t15-,16-/m0/s1. The second kappa shape index (κ2) is 8.32. The lowest BCUT2D eigenvalue weighted by atomic mass is 10.1. The molecule has 22 heavy (non-hydrogen) atoms. The Morgan fingerprint density at radius 2 is 1.73 bits per heavy atom. The molecule has 1 aromatic carbocycles. The molecule has 0 unspecified atom stereocenters. The van der Waals surface area contributed by atoms with Crippen LogP contribution in [-0.4, -0.2) is 38.4 Å². The second-order valence-electron chi connectivity index (χ2n) is 6.59. The highest BCUT2D eigenvalue weighted by molar-refractivity contribution is 9.10. The molecule has 0 aromatic heterocycles. The van der Waals surface area contributed by atoms with E-state index >= 15 is 0 Å². The summed E-state index contributed by atoms with van der Waals surface area (Å²) in [6.45, 7) is 12.9. The first-order valence-electron chi connectivity index (χ1n) is 8.34. The predicted molar refractivity (Wildman–Crippen MR) is 93.9 cm³/mol. The molecule has 1 saturated heterocycles. The van der Waals surface area contributed by atoms with Crippen molar-refractivity contribution in [2.45, 2.75) is 52.7 Å². The highest BCUT2D eigenvalue weighted by Crippen LogP contribution is 2.27. The maximum Gasteiger partial charge on any atom is 0.125 e. The van der Waals surface area contributed by atoms with Gasteiger partial charge in [0, 0.05) is 4.47 Å². The zero-order chi connectivity index (χ0) is 16.1. The van der Waals surface area contributed by atoms with Crippen molar-refractivity contribution in [2.75, 3.05) is 26.2 Å². The highest BCUT2D eigenvalue weighted by Gasteiger charge is 2.24. The summed E-state index contributed by atoms with van der Waals surface area (Å²) in [7, 11) is 0. The van der Waals surface area contributed by atoms with Gasteiger partial charge in [0.25, 0.3) is 0 Å². The van der Waals surface area contributed by atoms with Gasteiger partial charge < -0.3 is 14.4 Å². The summed E-state index contributed by atoms with van der Waals surface area (Å²) in [5, 5.41) is 0. The van der Waals surface area contributed by atoms with Gasteiger partial charge in [0.1, 0.15) is 31.0 Å². The Balaban J connectivity index is 1.69. The molecule has 2 atom stereocenters. The van der Waals surface area contributed by atoms with E-state index in [4.69, 9.17) is 9.47 Å². The highest BCUT2D eigenvalue weighted by atomic mass is 79.9. The van der Waals surface area contributed by atoms with Gasteiger partial charge in [0.15, 0.2) is 0 Å². The van der Waals surface area contributed by atoms with E-state index in [0.29, 0.717) is 12.2 Å². The van der Waals surface area contributed by atoms with Crippen LogP contribution in [0.5, 0.6) is 5.75 Å². The van der Waals surface area contributed by atoms with Crippen molar-refractivity contribution in [1.29, 1.82) is 0 Å². The molecule has 2 rings (SSSR count). The minimum absolute atomic E-state index is 0.392. The molecule has 1 aliphatic heterocycles. The lowest BCUT2D eigenvalue weighted by molar-refractivity contribution is -0.915. The first kappa shape index (κ1) is 17.8. The molecule has 1 heterocycles. The Bertz CT molecular complexity index is 459. The van der Waals surface area contributed by atoms with Gasteiger partial charge >= 0.3 is 0 Å². The van der Waals surface area contributed by atoms with E-state index in [1.54, 1.807) is 4.90 Å². The van der Waals surface area contributed by atoms with Crippen molar-refractivity contribution in [3.05, 3.63) is 27.7 Å². The van der Waals surface area contributed by atoms with E-state index in [0.717, 1.165) is 36.3 Å². The van der Waals surface area contributed by atoms with Gasteiger partial charge in [-0.05, 0) is 63.8 Å². The van der Waals surface area contributed by atoms with Crippen molar-refractivity contribution >= 4 is 15.9 Å². The van der Waals surface area contributed by atoms with E-state index in [9.17, 15) is 0 Å². The van der Waals surface area contributed by atoms with Crippen LogP contribution in [0.1, 0.15) is 37.8 Å². The minimum atomic E-state index is 0.392. The van der Waals surface area contributed by atoms with Gasteiger partial charge in [-0.3, -0.25) is 0 Å². The number of unbranched alkanes of at least 4 members (excludes halogenated alkanes) is 1. The summed E-state index contributed by atoms with van der Waals surface area (Å²) in [4.78, 5) is 1.67. The lowest BCUT2D eigenvalue weighted by Gasteiger charge is -2.32. The number of hydrogen-bond acceptors (Lipinski definition) is 2. The van der Waals surface area contributed by atoms with Crippen molar-refractivity contribution in [2.24, 2.45) is 0 Å². The fourth-order valence-electron chi connectivity index (χ4n) is 3.37. The number of halogens is 1. The summed E-state index contributed by atoms with van der Waals surface area (Å²) >= 11 is 3.53. The van der Waals surface area contributed by atoms with Crippen LogP contribution in [0.4, 0.5) is 0 Å². The lowest BCUT2D eigenvalue weighted by Crippen LogP contribution is -3.15. The molecule has 0 radical (unpaired) electrons. The maximum atomic E-state index is 6.00. The van der Waals surface area contributed by atoms with Crippen LogP contribution in [0.3, 0.4) is 0 Å². The normalized spacial score (nSPS) is 25.2. The molecule has 1 aliphatic rings. The summed E-state index contributed by atoms with van der Waals surface area (Å²) in [6.07, 6.45) is 3.11. The molecular weight excluding hydrogens is 342 g/mol. The van der Waals surface area contributed by atoms with E-state index < -0.39 is 0 Å². The minimum Gasteiger partial charge on any atom is -0.493 e. The SMILES string of the molecule is Cc1cc(Br)cc(C)c1OCCCC[NH+]1C[C@H](C)O[C@@H](C)C1. The zero-order valence-electron chi connectivity index (χ0n) is 14.2. The number of morpholine rings is 1. The van der Waals surface area contributed by atoms with Crippen LogP contribution >= 0.6 is 15.9 Å². The second-order valence-corrected chi connectivity index (χ2v) is 7.51. The van der Waals surface area contributed by atoms with Crippen LogP contribution in [0.2, 0.25) is 0 Å². The molecule has 0 saturated carbocycles. The molecule has 1 N–H and O–H groups in total. The van der Waals surface area contributed by atoms with Crippen molar-refractivity contribution < 1.29 is 14.4 Å². The summed E-state index contributed by atoms with van der Waals surface area (Å²) in [5.41, 5.74) is 2.40. The Morgan fingerprint density at radius 3 is 2.32 bits per heavy atom. The van der Waals surface area contributed by atoms with Gasteiger partial charge in [0.05, 0.1) is 13.2 Å². The first-order chi connectivity index (χ1) is 10.5. The third-order valence-corrected chi connectivity index (χ3v) is 4.67. The van der Waals surface area contributed by atoms with Crippen LogP contribution in [-0.2, 0) is 4.74 Å². The third-order valence-electron chi connectivity index (χ3n) is 4.21. The molecule has 0 aliphatic carbocycles. The number of quaternary nitrogens is 1. The quantitative estimate of drug-likeness (QED) is 0.778. The Hall–Kier alpha value is -0.580. The van der Waals surface area contributed by atoms with E-state index in [-0.39, 0.29) is 0 Å². The molecule has 0 amide bonds. The maximum absolute atomic E-state index is 6.00. The van der Waals surface area contributed by atoms with Gasteiger partial charge in [-0.2, -0.15) is 0 Å². The van der Waals surface area contributed by atoms with Gasteiger partial charge in [-0.1, -0.05) is 15.9 Å². The third kappa shape index (κ3) is 5.25. The molecule has 4 heteroatoms. The first-order valence-corrected chi connectivity index (χ1v) is 9.13. The number of benzene rings is 1. The van der Waals surface area contributed by atoms with Gasteiger partial charge in [-0.25, -0.2) is 0 Å². The van der Waals surface area contributed by atoms with Crippen LogP contribution < -0.4 is 9.64 Å². The van der Waals surface area contributed by atoms with Crippen LogP contribution in [0.15, 0.2) is 16.6 Å². The predicted octanol–water partition coefficient (Wildman–Crippen LogP) is 2.92. The van der Waals surface area contributed by atoms with E-state index in [1.165, 1.54) is 24.1 Å². The van der Waals surface area contributed by atoms with Crippen LogP contribution in [0, 0.1) is 13.8 Å². The average Bonchev–Trinajstić information content (AvgIpc) is 2.39. The smallest absolute Gasteiger partial charge is 0.125 e. The Labute approximate surface area is 143 Å². The summed E-state index contributed by atoms with van der Waals surface area (Å²) < 4.78 is 12.9. The Morgan fingerprint density at radius 1 is 1.14 bits per heavy atom. The molecule has 0 spiro atoms. The fourth-order valence-corrected chi connectivity index (χ4v) is 4.06. The largest absolute Gasteiger partial charge is 0.493 e. The summed E-state index contributed by atoms with van der Waals surface area (Å²) in [6, 6.07) is 4.23. The molecule has 1 aromatic rings. The monoisotopic (exact) mass is 370 g/mol. The molecule has 0 bridgehead atoms. The van der Waals surface area contributed by atoms with E-state index in [2.05, 4.69) is 55.8 Å². The van der Waals surface area contributed by atoms with E-state index in [1.807, 2.05) is 0 Å². The van der Waals surface area contributed by atoms with Gasteiger partial charge in [-0.15, -0.1) is 0 Å². The Kier molecular flexibility index (Phi) is 6.72. The van der Waals surface area contributed by atoms with Gasteiger partial charge in [0.2, 0.25) is 0 Å². The van der Waals surface area contributed by atoms with Crippen molar-refractivity contribution in [3.8, 4) is 5.75 Å². The number of hydrogen-bond donors (Lipinski definition) is 1. The topological polar surface area (TPSA) is 22.9 Å². The molecule has 1 fully saturated rings. The van der Waals surface area contributed by atoms with Crippen molar-refractivity contribution in [3.63, 3.8) is 0 Å². The zero-order valence-corrected chi connectivity index (χ0v) is 15.8. The molecule has 3 nitrogen and oxygen atoms in total. The average molecular weight is 371 g/mol. The number of rotatable bonds is 6.